The maximum Gasteiger partial charge on any atom is 0.244 e. The van der Waals surface area contributed by atoms with Crippen LogP contribution in [-0.2, 0) is 11.2 Å². The molecule has 0 saturated heterocycles. The van der Waals surface area contributed by atoms with Gasteiger partial charge < -0.3 is 15.5 Å². The average Bonchev–Trinajstić information content (AvgIpc) is 2.50. The Morgan fingerprint density at radius 3 is 2.70 bits per heavy atom. The van der Waals surface area contributed by atoms with Crippen molar-refractivity contribution >= 4 is 35.8 Å². The molecule has 1 amide bonds. The van der Waals surface area contributed by atoms with Gasteiger partial charge in [-0.1, -0.05) is 6.07 Å². The summed E-state index contributed by atoms with van der Waals surface area (Å²) >= 11 is 0. The van der Waals surface area contributed by atoms with Crippen LogP contribution in [0.25, 0.3) is 0 Å². The number of rotatable bonds is 7. The van der Waals surface area contributed by atoms with Gasteiger partial charge >= 0.3 is 0 Å². The molecule has 0 radical (unpaired) electrons. The second kappa shape index (κ2) is 12.1. The molecule has 0 aliphatic rings. The third-order valence-corrected chi connectivity index (χ3v) is 3.00. The number of pyridine rings is 1. The van der Waals surface area contributed by atoms with Crippen molar-refractivity contribution in [3.8, 4) is 0 Å². The van der Waals surface area contributed by atoms with Gasteiger partial charge in [-0.2, -0.15) is 0 Å². The van der Waals surface area contributed by atoms with Gasteiger partial charge in [0.2, 0.25) is 5.91 Å². The number of amides is 1. The molecule has 0 unspecified atom stereocenters. The van der Waals surface area contributed by atoms with Gasteiger partial charge in [0, 0.05) is 44.5 Å². The predicted octanol–water partition coefficient (Wildman–Crippen LogP) is 1.66. The number of halogens is 1. The van der Waals surface area contributed by atoms with Gasteiger partial charge in [0.15, 0.2) is 5.96 Å². The summed E-state index contributed by atoms with van der Waals surface area (Å²) in [4.78, 5) is 22.4. The van der Waals surface area contributed by atoms with Crippen molar-refractivity contribution in [1.29, 1.82) is 0 Å². The van der Waals surface area contributed by atoms with Gasteiger partial charge in [-0.05, 0) is 32.9 Å². The van der Waals surface area contributed by atoms with Crippen LogP contribution in [-0.4, -0.2) is 54.5 Å². The smallest absolute Gasteiger partial charge is 0.244 e. The number of guanidine groups is 1. The van der Waals surface area contributed by atoms with E-state index in [-0.39, 0.29) is 42.5 Å². The molecule has 0 aliphatic heterocycles. The van der Waals surface area contributed by atoms with Crippen molar-refractivity contribution in [3.05, 3.63) is 30.1 Å². The molecule has 1 heterocycles. The molecule has 0 fully saturated rings. The highest BCUT2D eigenvalue weighted by Crippen LogP contribution is 1.97. The van der Waals surface area contributed by atoms with Crippen LogP contribution in [0, 0.1) is 0 Å². The molecular weight excluding hydrogens is 405 g/mol. The Bertz CT molecular complexity index is 479. The summed E-state index contributed by atoms with van der Waals surface area (Å²) in [5.74, 6) is 0.667. The van der Waals surface area contributed by atoms with Crippen molar-refractivity contribution in [2.75, 3.05) is 26.7 Å². The second-order valence-corrected chi connectivity index (χ2v) is 5.38. The highest BCUT2D eigenvalue weighted by Gasteiger charge is 2.09. The largest absolute Gasteiger partial charge is 0.357 e. The average molecular weight is 433 g/mol. The Morgan fingerprint density at radius 2 is 2.13 bits per heavy atom. The Morgan fingerprint density at radius 1 is 1.39 bits per heavy atom. The summed E-state index contributed by atoms with van der Waals surface area (Å²) in [5.41, 5.74) is 0.987. The maximum absolute atomic E-state index is 12.1. The van der Waals surface area contributed by atoms with Gasteiger partial charge in [-0.15, -0.1) is 24.0 Å². The van der Waals surface area contributed by atoms with Crippen LogP contribution in [0.1, 0.15) is 26.5 Å². The number of likely N-dealkylation sites (N-methyl/N-ethyl adjacent to an activating group) is 1. The fourth-order valence-corrected chi connectivity index (χ4v) is 1.81. The van der Waals surface area contributed by atoms with Crippen molar-refractivity contribution in [1.82, 2.24) is 20.5 Å². The fourth-order valence-electron chi connectivity index (χ4n) is 1.81. The number of carbonyl (C=O) groups is 1. The molecule has 6 nitrogen and oxygen atoms in total. The van der Waals surface area contributed by atoms with Gasteiger partial charge in [0.05, 0.1) is 0 Å². The van der Waals surface area contributed by atoms with E-state index < -0.39 is 0 Å². The van der Waals surface area contributed by atoms with Crippen molar-refractivity contribution < 1.29 is 4.79 Å². The summed E-state index contributed by atoms with van der Waals surface area (Å²) in [7, 11) is 1.80. The SMILES string of the molecule is CCNC(=NCC(=O)N(C)CCc1ccccn1)NC(C)C.I. The van der Waals surface area contributed by atoms with Crippen LogP contribution in [0.3, 0.4) is 0 Å². The molecule has 130 valence electrons. The summed E-state index contributed by atoms with van der Waals surface area (Å²) in [6.45, 7) is 7.61. The summed E-state index contributed by atoms with van der Waals surface area (Å²) < 4.78 is 0. The minimum atomic E-state index is -0.00288. The second-order valence-electron chi connectivity index (χ2n) is 5.38. The lowest BCUT2D eigenvalue weighted by molar-refractivity contribution is -0.128. The summed E-state index contributed by atoms with van der Waals surface area (Å²) in [6.07, 6.45) is 2.51. The molecule has 0 spiro atoms. The molecule has 0 atom stereocenters. The molecular formula is C16H28IN5O. The lowest BCUT2D eigenvalue weighted by atomic mass is 10.2. The molecule has 1 aromatic rings. The third kappa shape index (κ3) is 9.37. The zero-order valence-corrected chi connectivity index (χ0v) is 16.7. The van der Waals surface area contributed by atoms with E-state index in [2.05, 4.69) is 20.6 Å². The van der Waals surface area contributed by atoms with Crippen LogP contribution < -0.4 is 10.6 Å². The maximum atomic E-state index is 12.1. The normalized spacial score (nSPS) is 10.9. The molecule has 0 aliphatic carbocycles. The van der Waals surface area contributed by atoms with E-state index in [1.165, 1.54) is 0 Å². The summed E-state index contributed by atoms with van der Waals surface area (Å²) in [5, 5.41) is 6.32. The molecule has 7 heteroatoms. The molecule has 1 rings (SSSR count). The van der Waals surface area contributed by atoms with Crippen LogP contribution >= 0.6 is 24.0 Å². The molecule has 0 bridgehead atoms. The van der Waals surface area contributed by atoms with Gasteiger partial charge in [-0.25, -0.2) is 4.99 Å². The van der Waals surface area contributed by atoms with Crippen LogP contribution in [0.5, 0.6) is 0 Å². The van der Waals surface area contributed by atoms with Gasteiger partial charge in [0.1, 0.15) is 6.54 Å². The van der Waals surface area contributed by atoms with Crippen LogP contribution in [0.4, 0.5) is 0 Å². The molecule has 0 saturated carbocycles. The first-order chi connectivity index (χ1) is 10.5. The lowest BCUT2D eigenvalue weighted by Crippen LogP contribution is -2.42. The van der Waals surface area contributed by atoms with Crippen molar-refractivity contribution in [2.45, 2.75) is 33.2 Å². The number of hydrogen-bond acceptors (Lipinski definition) is 3. The highest BCUT2D eigenvalue weighted by molar-refractivity contribution is 14.0. The van der Waals surface area contributed by atoms with Crippen LogP contribution in [0.15, 0.2) is 29.4 Å². The van der Waals surface area contributed by atoms with E-state index in [0.717, 1.165) is 18.7 Å². The first-order valence-electron chi connectivity index (χ1n) is 7.71. The number of aromatic nitrogens is 1. The molecule has 0 aromatic carbocycles. The lowest BCUT2D eigenvalue weighted by Gasteiger charge is -2.17. The van der Waals surface area contributed by atoms with E-state index in [1.54, 1.807) is 18.1 Å². The minimum Gasteiger partial charge on any atom is -0.357 e. The zero-order valence-electron chi connectivity index (χ0n) is 14.4. The van der Waals surface area contributed by atoms with Gasteiger partial charge in [-0.3, -0.25) is 9.78 Å². The first-order valence-corrected chi connectivity index (χ1v) is 7.71. The van der Waals surface area contributed by atoms with E-state index in [9.17, 15) is 4.79 Å². The number of carbonyl (C=O) groups excluding carboxylic acids is 1. The highest BCUT2D eigenvalue weighted by atomic mass is 127. The van der Waals surface area contributed by atoms with E-state index in [4.69, 9.17) is 0 Å². The topological polar surface area (TPSA) is 69.6 Å². The van der Waals surface area contributed by atoms with E-state index >= 15 is 0 Å². The van der Waals surface area contributed by atoms with Crippen LogP contribution in [0.2, 0.25) is 0 Å². The standard InChI is InChI=1S/C16H27N5O.HI/c1-5-17-16(20-13(2)3)19-12-15(22)21(4)11-9-14-8-6-7-10-18-14;/h6-8,10,13H,5,9,11-12H2,1-4H3,(H2,17,19,20);1H. The predicted molar refractivity (Wildman–Crippen MR) is 105 cm³/mol. The summed E-state index contributed by atoms with van der Waals surface area (Å²) in [6, 6.07) is 6.08. The number of hydrogen-bond donors (Lipinski definition) is 2. The Labute approximate surface area is 156 Å². The third-order valence-electron chi connectivity index (χ3n) is 3.00. The van der Waals surface area contributed by atoms with E-state index in [0.29, 0.717) is 12.5 Å². The monoisotopic (exact) mass is 433 g/mol. The molecule has 2 N–H and O–H groups in total. The van der Waals surface area contributed by atoms with E-state index in [1.807, 2.05) is 39.0 Å². The van der Waals surface area contributed by atoms with Crippen molar-refractivity contribution in [2.24, 2.45) is 4.99 Å². The fraction of sp³-hybridized carbons (Fsp3) is 0.562. The number of aliphatic imine (C=N–C) groups is 1. The Hall–Kier alpha value is -1.38. The quantitative estimate of drug-likeness (QED) is 0.390. The Kier molecular flexibility index (Phi) is 11.4. The van der Waals surface area contributed by atoms with Gasteiger partial charge in [0.25, 0.3) is 0 Å². The molecule has 23 heavy (non-hydrogen) atoms. The number of nitrogens with one attached hydrogen (secondary N) is 2. The first kappa shape index (κ1) is 21.6. The zero-order chi connectivity index (χ0) is 16.4. The molecule has 1 aromatic heterocycles. The van der Waals surface area contributed by atoms with Crippen molar-refractivity contribution in [3.63, 3.8) is 0 Å². The number of nitrogens with zero attached hydrogens (tertiary/aromatic N) is 3. The Balaban J connectivity index is 0.00000484. The minimum absolute atomic E-state index is 0.